The summed E-state index contributed by atoms with van der Waals surface area (Å²) in [5.74, 6) is 0. The van der Waals surface area contributed by atoms with Crippen LogP contribution in [0.25, 0.3) is 11.2 Å². The van der Waals surface area contributed by atoms with Crippen LogP contribution in [0.2, 0.25) is 0 Å². The number of imidazole rings is 1. The van der Waals surface area contributed by atoms with Gasteiger partial charge in [-0.15, -0.1) is 0 Å². The van der Waals surface area contributed by atoms with Gasteiger partial charge in [-0.2, -0.15) is 0 Å². The van der Waals surface area contributed by atoms with E-state index in [0.717, 1.165) is 13.4 Å². The van der Waals surface area contributed by atoms with Gasteiger partial charge in [-0.1, -0.05) is 0 Å². The molecule has 0 unspecified atom stereocenters. The highest BCUT2D eigenvalue weighted by Gasteiger charge is 2.16. The van der Waals surface area contributed by atoms with Crippen LogP contribution in [-0.2, 0) is 25.0 Å². The monoisotopic (exact) mass is 354 g/mol. The minimum atomic E-state index is -4.64. The second-order valence-corrected chi connectivity index (χ2v) is 4.49. The smallest absolute Gasteiger partial charge is 0.332 e. The number of rotatable bonds is 8. The van der Waals surface area contributed by atoms with Crippen molar-refractivity contribution in [3.05, 3.63) is 27.2 Å². The third-order valence-corrected chi connectivity index (χ3v) is 2.73. The molecule has 134 valence electrons. The van der Waals surface area contributed by atoms with Gasteiger partial charge in [-0.3, -0.25) is 13.9 Å². The van der Waals surface area contributed by atoms with Crippen LogP contribution < -0.4 is 11.2 Å². The number of aromatic nitrogens is 4. The normalized spacial score (nSPS) is 26.1. The van der Waals surface area contributed by atoms with Crippen molar-refractivity contribution in [2.24, 2.45) is 7.05 Å². The van der Waals surface area contributed by atoms with Gasteiger partial charge in [-0.05, 0) is 39.7 Å². The first-order chi connectivity index (χ1) is 17.5. The Balaban J connectivity index is 3.00. The molecule has 0 radical (unpaired) electrons. The van der Waals surface area contributed by atoms with Crippen LogP contribution in [-0.4, -0.2) is 36.0 Å². The summed E-state index contributed by atoms with van der Waals surface area (Å²) in [6.45, 7) is -14.3. The molecule has 0 aliphatic carbocycles. The van der Waals surface area contributed by atoms with Gasteiger partial charge in [0.25, 0.3) is 5.56 Å². The summed E-state index contributed by atoms with van der Waals surface area (Å²) in [4.78, 5) is 30.2. The van der Waals surface area contributed by atoms with E-state index in [1.165, 1.54) is 6.92 Å². The van der Waals surface area contributed by atoms with E-state index in [1.54, 1.807) is 0 Å². The first-order valence-corrected chi connectivity index (χ1v) is 6.58. The molecule has 0 atom stereocenters. The summed E-state index contributed by atoms with van der Waals surface area (Å²) in [6, 6.07) is 0. The Morgan fingerprint density at radius 3 is 2.83 bits per heavy atom. The lowest BCUT2D eigenvalue weighted by Gasteiger charge is -2.16. The number of fused-ring (bicyclic) bond motifs is 1. The Kier molecular flexibility index (Phi) is 1.96. The van der Waals surface area contributed by atoms with Crippen molar-refractivity contribution >= 4 is 11.2 Å². The lowest BCUT2D eigenvalue weighted by atomic mass is 10.0. The van der Waals surface area contributed by atoms with Crippen LogP contribution in [0.4, 0.5) is 0 Å². The predicted molar refractivity (Wildman–Crippen MR) is 91.0 cm³/mol. The Labute approximate surface area is 162 Å². The third kappa shape index (κ3) is 3.93. The molecule has 0 aromatic carbocycles. The van der Waals surface area contributed by atoms with Gasteiger partial charge in [0.15, 0.2) is 11.2 Å². The van der Waals surface area contributed by atoms with Crippen LogP contribution in [0.1, 0.15) is 61.7 Å². The summed E-state index contributed by atoms with van der Waals surface area (Å²) >= 11 is 0. The minimum absolute atomic E-state index is 0.235. The number of ether oxygens (including phenoxy) is 1. The first kappa shape index (κ1) is 6.42. The Hall–Kier alpha value is -1.93. The molecule has 0 aliphatic heterocycles. The van der Waals surface area contributed by atoms with E-state index < -0.39 is 78.6 Å². The van der Waals surface area contributed by atoms with Crippen LogP contribution >= 0.6 is 0 Å². The Morgan fingerprint density at radius 1 is 1.42 bits per heavy atom. The van der Waals surface area contributed by atoms with Crippen molar-refractivity contribution in [1.82, 2.24) is 18.7 Å². The molecule has 0 amide bonds. The molecule has 0 bridgehead atoms. The predicted octanol–water partition coefficient (Wildman–Crippen LogP) is 0.832. The van der Waals surface area contributed by atoms with Crippen molar-refractivity contribution in [3.63, 3.8) is 0 Å². The maximum Gasteiger partial charge on any atom is 0.332 e. The number of nitrogens with zero attached hydrogens (tertiary/aromatic N) is 4. The largest absolute Gasteiger partial charge is 0.390 e. The van der Waals surface area contributed by atoms with Gasteiger partial charge < -0.3 is 14.4 Å². The Morgan fingerprint density at radius 2 is 2.17 bits per heavy atom. The van der Waals surface area contributed by atoms with E-state index in [0.29, 0.717) is 9.13 Å². The van der Waals surface area contributed by atoms with Crippen LogP contribution in [0.3, 0.4) is 0 Å². The molecule has 2 aromatic heterocycles. The zero-order valence-corrected chi connectivity index (χ0v) is 12.7. The van der Waals surface area contributed by atoms with Gasteiger partial charge in [-0.25, -0.2) is 9.78 Å². The van der Waals surface area contributed by atoms with Gasteiger partial charge in [0.05, 0.1) is 17.4 Å². The van der Waals surface area contributed by atoms with Crippen molar-refractivity contribution in [2.75, 3.05) is 6.61 Å². The van der Waals surface area contributed by atoms with E-state index in [2.05, 4.69) is 4.98 Å². The lowest BCUT2D eigenvalue weighted by molar-refractivity contribution is 0.0678. The second kappa shape index (κ2) is 7.31. The molecule has 0 spiro atoms. The van der Waals surface area contributed by atoms with Crippen LogP contribution in [0.15, 0.2) is 15.9 Å². The number of aliphatic hydroxyl groups is 1. The molecule has 0 fully saturated rings. The highest BCUT2D eigenvalue weighted by atomic mass is 16.5. The minimum Gasteiger partial charge on any atom is -0.390 e. The van der Waals surface area contributed by atoms with Crippen molar-refractivity contribution < 1.29 is 31.8 Å². The molecule has 1 N–H and O–H groups in total. The van der Waals surface area contributed by atoms with Gasteiger partial charge >= 0.3 is 5.69 Å². The Bertz CT molecular complexity index is 1390. The zero-order valence-electron chi connectivity index (χ0n) is 28.7. The summed E-state index contributed by atoms with van der Waals surface area (Å²) in [6.07, 6.45) is -13.0. The zero-order chi connectivity index (χ0) is 31.9. The highest BCUT2D eigenvalue weighted by molar-refractivity contribution is 5.69. The average Bonchev–Trinajstić information content (AvgIpc) is 3.21. The second-order valence-electron chi connectivity index (χ2n) is 4.49. The fourth-order valence-electron chi connectivity index (χ4n) is 1.72. The lowest BCUT2D eigenvalue weighted by Crippen LogP contribution is -2.39. The molecule has 8 heteroatoms. The van der Waals surface area contributed by atoms with Crippen LogP contribution in [0, 0.1) is 0 Å². The quantitative estimate of drug-likeness (QED) is 0.758. The topological polar surface area (TPSA) is 91.3 Å². The number of hydrogen-bond acceptors (Lipinski definition) is 5. The van der Waals surface area contributed by atoms with Gasteiger partial charge in [0, 0.05) is 36.6 Å². The average molecular weight is 355 g/mol. The SMILES string of the molecule is [2H]C([2H])(OCC)n1cnc2c1c(=O)n(C([2H])([2H])C([2H])([2H])C([2H])([2H])C([2H])([2H])C(O)(C([2H])([2H])[2H])C([2H])([2H])[2H])c(=O)n2C. The van der Waals surface area contributed by atoms with E-state index in [-0.39, 0.29) is 6.61 Å². The van der Waals surface area contributed by atoms with Gasteiger partial charge in [0.2, 0.25) is 0 Å². The van der Waals surface area contributed by atoms with Crippen molar-refractivity contribution in [3.8, 4) is 0 Å². The maximum absolute atomic E-state index is 13.4. The molecule has 2 aromatic rings. The van der Waals surface area contributed by atoms with E-state index in [1.807, 2.05) is 0 Å². The summed E-state index contributed by atoms with van der Waals surface area (Å²) in [5.41, 5.74) is -9.45. The molecule has 0 saturated carbocycles. The third-order valence-electron chi connectivity index (χ3n) is 2.73. The molecular formula is C16H26N4O4. The number of hydrogen-bond donors (Lipinski definition) is 1. The molecule has 2 heterocycles. The molecular weight excluding hydrogens is 312 g/mol. The molecule has 0 saturated heterocycles. The fraction of sp³-hybridized carbons (Fsp3) is 0.688. The molecule has 2 rings (SSSR count). The molecule has 8 nitrogen and oxygen atoms in total. The molecule has 0 aliphatic rings. The fourth-order valence-corrected chi connectivity index (χ4v) is 1.72. The summed E-state index contributed by atoms with van der Waals surface area (Å²) < 4.78 is 132. The summed E-state index contributed by atoms with van der Waals surface area (Å²) in [5, 5.41) is 10.7. The number of aryl methyl sites for hydroxylation is 1. The van der Waals surface area contributed by atoms with Crippen LogP contribution in [0.5, 0.6) is 0 Å². The first-order valence-electron chi connectivity index (χ1n) is 14.6. The molecule has 24 heavy (non-hydrogen) atoms. The maximum atomic E-state index is 13.4. The van der Waals surface area contributed by atoms with Crippen molar-refractivity contribution in [1.29, 1.82) is 0 Å². The van der Waals surface area contributed by atoms with E-state index >= 15 is 0 Å². The summed E-state index contributed by atoms with van der Waals surface area (Å²) in [7, 11) is 0.926. The highest BCUT2D eigenvalue weighted by Crippen LogP contribution is 2.12. The van der Waals surface area contributed by atoms with Gasteiger partial charge in [0.1, 0.15) is 6.68 Å². The van der Waals surface area contributed by atoms with E-state index in [4.69, 9.17) is 26.7 Å². The standard InChI is InChI=1S/C16H26N4O4/c1-5-24-11-19-10-17-13-12(19)14(21)20(15(22)18(13)4)9-7-6-8-16(2,3)23/h10,23H,5-9,11H2,1-4H3/i2D3,3D3,6D2,7D2,8D2,9D2,11D2. The van der Waals surface area contributed by atoms with E-state index in [9.17, 15) is 14.7 Å². The van der Waals surface area contributed by atoms with Crippen molar-refractivity contribution in [2.45, 2.75) is 58.5 Å².